The average molecular weight is 358 g/mol. The van der Waals surface area contributed by atoms with E-state index in [0.29, 0.717) is 23.0 Å². The first kappa shape index (κ1) is 16.0. The number of benzene rings is 2. The Balaban J connectivity index is 2.30. The molecule has 2 aromatic rings. The number of likely N-dealkylation sites (N-methyl/N-ethyl adjacent to an activating group) is 1. The first-order valence-corrected chi connectivity index (χ1v) is 7.42. The molecule has 2 rings (SSSR count). The van der Waals surface area contributed by atoms with Crippen molar-refractivity contribution in [2.75, 3.05) is 6.54 Å². The molecule has 0 heterocycles. The van der Waals surface area contributed by atoms with E-state index < -0.39 is 11.6 Å². The molecule has 1 unspecified atom stereocenters. The highest BCUT2D eigenvalue weighted by Crippen LogP contribution is 2.27. The van der Waals surface area contributed by atoms with Crippen LogP contribution in [0.25, 0.3) is 0 Å². The van der Waals surface area contributed by atoms with Crippen LogP contribution < -0.4 is 5.32 Å². The Morgan fingerprint density at radius 1 is 1.05 bits per heavy atom. The van der Waals surface area contributed by atoms with E-state index in [2.05, 4.69) is 21.2 Å². The van der Waals surface area contributed by atoms with Crippen LogP contribution in [-0.4, -0.2) is 6.54 Å². The van der Waals surface area contributed by atoms with Crippen molar-refractivity contribution in [1.29, 1.82) is 0 Å². The molecule has 1 N–H and O–H groups in total. The summed E-state index contributed by atoms with van der Waals surface area (Å²) in [5, 5.41) is 3.24. The lowest BCUT2D eigenvalue weighted by molar-refractivity contribution is 0.518. The molecule has 5 heteroatoms. The van der Waals surface area contributed by atoms with E-state index in [9.17, 15) is 13.2 Å². The molecule has 0 spiro atoms. The van der Waals surface area contributed by atoms with Crippen molar-refractivity contribution < 1.29 is 13.2 Å². The van der Waals surface area contributed by atoms with E-state index in [1.54, 1.807) is 6.07 Å². The van der Waals surface area contributed by atoms with E-state index in [4.69, 9.17) is 0 Å². The largest absolute Gasteiger partial charge is 0.310 e. The maximum atomic E-state index is 13.8. The molecule has 0 aliphatic rings. The third kappa shape index (κ3) is 4.08. The van der Waals surface area contributed by atoms with Gasteiger partial charge >= 0.3 is 0 Å². The minimum absolute atomic E-state index is 0.190. The molecule has 0 saturated carbocycles. The first-order chi connectivity index (χ1) is 10.0. The van der Waals surface area contributed by atoms with Gasteiger partial charge in [0.15, 0.2) is 0 Å². The van der Waals surface area contributed by atoms with Crippen LogP contribution >= 0.6 is 15.9 Å². The number of nitrogens with one attached hydrogen (secondary N) is 1. The summed E-state index contributed by atoms with van der Waals surface area (Å²) in [7, 11) is 0. The monoisotopic (exact) mass is 357 g/mol. The molecule has 0 saturated heterocycles. The minimum Gasteiger partial charge on any atom is -0.310 e. The van der Waals surface area contributed by atoms with Gasteiger partial charge in [-0.15, -0.1) is 0 Å². The first-order valence-electron chi connectivity index (χ1n) is 6.63. The Labute approximate surface area is 130 Å². The second-order valence-corrected chi connectivity index (χ2v) is 5.57. The van der Waals surface area contributed by atoms with Crippen molar-refractivity contribution >= 4 is 15.9 Å². The van der Waals surface area contributed by atoms with Crippen LogP contribution in [-0.2, 0) is 6.42 Å². The van der Waals surface area contributed by atoms with E-state index in [0.717, 1.165) is 11.6 Å². The van der Waals surface area contributed by atoms with Gasteiger partial charge in [-0.2, -0.15) is 0 Å². The van der Waals surface area contributed by atoms with Gasteiger partial charge in [0.1, 0.15) is 17.5 Å². The zero-order valence-electron chi connectivity index (χ0n) is 11.5. The molecule has 112 valence electrons. The summed E-state index contributed by atoms with van der Waals surface area (Å²) in [5.74, 6) is -1.51. The minimum atomic E-state index is -0.598. The summed E-state index contributed by atoms with van der Waals surface area (Å²) in [6.45, 7) is 2.61. The molecule has 0 fully saturated rings. The van der Waals surface area contributed by atoms with Crippen LogP contribution in [0.5, 0.6) is 0 Å². The summed E-state index contributed by atoms with van der Waals surface area (Å²) in [6, 6.07) is 7.76. The summed E-state index contributed by atoms with van der Waals surface area (Å²) >= 11 is 3.33. The molecule has 2 aromatic carbocycles. The molecular formula is C16H15BrF3N. The van der Waals surface area contributed by atoms with Crippen molar-refractivity contribution in [2.24, 2.45) is 0 Å². The standard InChI is InChI=1S/C16H15BrF3N/c1-2-21-16(13-6-5-11(18)8-14(13)17)7-10-3-4-12(19)9-15(10)20/h3-6,8-9,16,21H,2,7H2,1H3. The van der Waals surface area contributed by atoms with E-state index in [1.807, 2.05) is 6.92 Å². The lowest BCUT2D eigenvalue weighted by Crippen LogP contribution is -2.23. The third-order valence-electron chi connectivity index (χ3n) is 3.23. The highest BCUT2D eigenvalue weighted by Gasteiger charge is 2.17. The van der Waals surface area contributed by atoms with Gasteiger partial charge in [0.25, 0.3) is 0 Å². The Morgan fingerprint density at radius 3 is 2.33 bits per heavy atom. The fraction of sp³-hybridized carbons (Fsp3) is 0.250. The van der Waals surface area contributed by atoms with Gasteiger partial charge < -0.3 is 5.32 Å². The normalized spacial score (nSPS) is 12.4. The SMILES string of the molecule is CCNC(Cc1ccc(F)cc1F)c1ccc(F)cc1Br. The van der Waals surface area contributed by atoms with Crippen molar-refractivity contribution in [2.45, 2.75) is 19.4 Å². The smallest absolute Gasteiger partial charge is 0.129 e. The van der Waals surface area contributed by atoms with Crippen molar-refractivity contribution in [3.8, 4) is 0 Å². The third-order valence-corrected chi connectivity index (χ3v) is 3.91. The predicted molar refractivity (Wildman–Crippen MR) is 80.6 cm³/mol. The van der Waals surface area contributed by atoms with Crippen molar-refractivity contribution in [3.63, 3.8) is 0 Å². The Morgan fingerprint density at radius 2 is 1.71 bits per heavy atom. The van der Waals surface area contributed by atoms with Crippen LogP contribution in [0.1, 0.15) is 24.1 Å². The van der Waals surface area contributed by atoms with Crippen LogP contribution in [0.3, 0.4) is 0 Å². The number of hydrogen-bond donors (Lipinski definition) is 1. The van der Waals surface area contributed by atoms with Crippen LogP contribution in [0.4, 0.5) is 13.2 Å². The van der Waals surface area contributed by atoms with Crippen molar-refractivity contribution in [3.05, 3.63) is 69.4 Å². The second-order valence-electron chi connectivity index (χ2n) is 4.72. The fourth-order valence-corrected chi connectivity index (χ4v) is 2.86. The second kappa shape index (κ2) is 7.09. The van der Waals surface area contributed by atoms with E-state index in [-0.39, 0.29) is 11.9 Å². The highest BCUT2D eigenvalue weighted by atomic mass is 79.9. The van der Waals surface area contributed by atoms with Gasteiger partial charge in [0.05, 0.1) is 0 Å². The summed E-state index contributed by atoms with van der Waals surface area (Å²) < 4.78 is 40.6. The van der Waals surface area contributed by atoms with E-state index in [1.165, 1.54) is 24.3 Å². The molecule has 0 aliphatic heterocycles. The molecule has 0 bridgehead atoms. The lowest BCUT2D eigenvalue weighted by Gasteiger charge is -2.20. The van der Waals surface area contributed by atoms with Gasteiger partial charge in [0, 0.05) is 16.6 Å². The summed E-state index contributed by atoms with van der Waals surface area (Å²) in [5.41, 5.74) is 1.25. The molecule has 0 radical (unpaired) electrons. The molecule has 1 nitrogen and oxygen atoms in total. The van der Waals surface area contributed by atoms with Gasteiger partial charge in [-0.1, -0.05) is 35.0 Å². The Kier molecular flexibility index (Phi) is 5.42. The van der Waals surface area contributed by atoms with Gasteiger partial charge in [-0.05, 0) is 42.3 Å². The summed E-state index contributed by atoms with van der Waals surface area (Å²) in [4.78, 5) is 0. The molecule has 0 amide bonds. The van der Waals surface area contributed by atoms with Crippen molar-refractivity contribution in [1.82, 2.24) is 5.32 Å². The molecular weight excluding hydrogens is 343 g/mol. The molecule has 21 heavy (non-hydrogen) atoms. The topological polar surface area (TPSA) is 12.0 Å². The highest BCUT2D eigenvalue weighted by molar-refractivity contribution is 9.10. The zero-order chi connectivity index (χ0) is 15.4. The Hall–Kier alpha value is -1.33. The maximum absolute atomic E-state index is 13.8. The maximum Gasteiger partial charge on any atom is 0.129 e. The molecule has 0 aliphatic carbocycles. The number of hydrogen-bond acceptors (Lipinski definition) is 1. The van der Waals surface area contributed by atoms with E-state index >= 15 is 0 Å². The molecule has 1 atom stereocenters. The number of rotatable bonds is 5. The number of halogens is 4. The lowest BCUT2D eigenvalue weighted by atomic mass is 9.98. The van der Waals surface area contributed by atoms with Gasteiger partial charge in [-0.3, -0.25) is 0 Å². The Bertz CT molecular complexity index is 631. The summed E-state index contributed by atoms with van der Waals surface area (Å²) in [6.07, 6.45) is 0.351. The zero-order valence-corrected chi connectivity index (χ0v) is 13.1. The van der Waals surface area contributed by atoms with Gasteiger partial charge in [-0.25, -0.2) is 13.2 Å². The fourth-order valence-electron chi connectivity index (χ4n) is 2.23. The van der Waals surface area contributed by atoms with Crippen LogP contribution in [0, 0.1) is 17.5 Å². The quantitative estimate of drug-likeness (QED) is 0.813. The average Bonchev–Trinajstić information content (AvgIpc) is 2.41. The molecule has 0 aromatic heterocycles. The van der Waals surface area contributed by atoms with Crippen LogP contribution in [0.15, 0.2) is 40.9 Å². The van der Waals surface area contributed by atoms with Crippen LogP contribution in [0.2, 0.25) is 0 Å². The van der Waals surface area contributed by atoms with Gasteiger partial charge in [0.2, 0.25) is 0 Å². The predicted octanol–water partition coefficient (Wildman–Crippen LogP) is 4.76.